The van der Waals surface area contributed by atoms with E-state index in [-0.39, 0.29) is 24.7 Å². The van der Waals surface area contributed by atoms with Crippen LogP contribution in [0.1, 0.15) is 22.3 Å². The molecule has 0 spiro atoms. The summed E-state index contributed by atoms with van der Waals surface area (Å²) in [5, 5.41) is 11.9. The number of aromatic carboxylic acids is 1. The number of carbonyl (C=O) groups is 2. The molecule has 3 rings (SSSR count). The molecule has 0 unspecified atom stereocenters. The Morgan fingerprint density at radius 1 is 1.38 bits per heavy atom. The lowest BCUT2D eigenvalue weighted by atomic mass is 10.00. The minimum Gasteiger partial charge on any atom is -0.478 e. The minimum atomic E-state index is -0.913. The molecular formula is C15H18N2O4. The molecule has 2 aliphatic heterocycles. The first-order valence-electron chi connectivity index (χ1n) is 7.07. The first kappa shape index (κ1) is 14.0. The highest BCUT2D eigenvalue weighted by Crippen LogP contribution is 2.19. The Hall–Kier alpha value is -1.92. The van der Waals surface area contributed by atoms with Gasteiger partial charge in [-0.05, 0) is 24.1 Å². The third-order valence-electron chi connectivity index (χ3n) is 4.02. The van der Waals surface area contributed by atoms with Gasteiger partial charge in [0.1, 0.15) is 6.61 Å². The van der Waals surface area contributed by atoms with E-state index in [1.54, 1.807) is 12.1 Å². The quantitative estimate of drug-likeness (QED) is 0.846. The standard InChI is InChI=1S/C15H18N2O4/c18-14-9-21-13-5-6-17(8-12(13)16-14)7-10-1-3-11(4-2-10)15(19)20/h1-4,12-13H,5-9H2,(H,16,18)(H,19,20)/t12-,13+/m0/s1. The van der Waals surface area contributed by atoms with E-state index in [4.69, 9.17) is 9.84 Å². The number of amides is 1. The third kappa shape index (κ3) is 3.22. The fourth-order valence-electron chi connectivity index (χ4n) is 2.92. The lowest BCUT2D eigenvalue weighted by Crippen LogP contribution is -2.60. The minimum absolute atomic E-state index is 0.0519. The van der Waals surface area contributed by atoms with Gasteiger partial charge in [-0.2, -0.15) is 0 Å². The molecule has 0 aliphatic carbocycles. The van der Waals surface area contributed by atoms with Gasteiger partial charge in [-0.25, -0.2) is 4.79 Å². The molecule has 0 saturated carbocycles. The summed E-state index contributed by atoms with van der Waals surface area (Å²) in [6.07, 6.45) is 1.02. The summed E-state index contributed by atoms with van der Waals surface area (Å²) in [7, 11) is 0. The molecule has 112 valence electrons. The van der Waals surface area contributed by atoms with Crippen molar-refractivity contribution in [2.75, 3.05) is 19.7 Å². The Bertz CT molecular complexity index is 543. The van der Waals surface area contributed by atoms with Gasteiger partial charge in [-0.3, -0.25) is 9.69 Å². The molecule has 1 amide bonds. The summed E-state index contributed by atoms with van der Waals surface area (Å²) >= 11 is 0. The van der Waals surface area contributed by atoms with Crippen LogP contribution in [-0.2, 0) is 16.1 Å². The number of rotatable bonds is 3. The van der Waals surface area contributed by atoms with Crippen LogP contribution in [0.15, 0.2) is 24.3 Å². The van der Waals surface area contributed by atoms with Crippen LogP contribution < -0.4 is 5.32 Å². The van der Waals surface area contributed by atoms with Crippen molar-refractivity contribution < 1.29 is 19.4 Å². The molecule has 2 N–H and O–H groups in total. The molecule has 0 radical (unpaired) electrons. The van der Waals surface area contributed by atoms with Crippen molar-refractivity contribution >= 4 is 11.9 Å². The molecule has 2 aliphatic rings. The summed E-state index contributed by atoms with van der Waals surface area (Å²) in [6.45, 7) is 2.59. The van der Waals surface area contributed by atoms with E-state index < -0.39 is 5.97 Å². The van der Waals surface area contributed by atoms with Crippen molar-refractivity contribution in [2.45, 2.75) is 25.1 Å². The predicted octanol–water partition coefficient (Wildman–Crippen LogP) is 0.474. The zero-order chi connectivity index (χ0) is 14.8. The maximum Gasteiger partial charge on any atom is 0.335 e. The number of carboxylic acids is 1. The van der Waals surface area contributed by atoms with Gasteiger partial charge >= 0.3 is 5.97 Å². The highest BCUT2D eigenvalue weighted by Gasteiger charge is 2.34. The predicted molar refractivity (Wildman–Crippen MR) is 75.0 cm³/mol. The zero-order valence-corrected chi connectivity index (χ0v) is 11.6. The highest BCUT2D eigenvalue weighted by atomic mass is 16.5. The second-order valence-electron chi connectivity index (χ2n) is 5.55. The Morgan fingerprint density at radius 2 is 2.14 bits per heavy atom. The fraction of sp³-hybridized carbons (Fsp3) is 0.467. The molecule has 2 atom stereocenters. The number of nitrogens with zero attached hydrogens (tertiary/aromatic N) is 1. The van der Waals surface area contributed by atoms with Gasteiger partial charge in [0.2, 0.25) is 5.91 Å². The Kier molecular flexibility index (Phi) is 3.90. The van der Waals surface area contributed by atoms with Crippen LogP contribution in [0.4, 0.5) is 0 Å². The van der Waals surface area contributed by atoms with E-state index in [2.05, 4.69) is 10.2 Å². The Morgan fingerprint density at radius 3 is 2.86 bits per heavy atom. The first-order chi connectivity index (χ1) is 10.1. The molecular weight excluding hydrogens is 272 g/mol. The number of likely N-dealkylation sites (tertiary alicyclic amines) is 1. The second kappa shape index (κ2) is 5.83. The van der Waals surface area contributed by atoms with Crippen LogP contribution in [0.3, 0.4) is 0 Å². The maximum absolute atomic E-state index is 11.4. The van der Waals surface area contributed by atoms with Crippen molar-refractivity contribution in [3.8, 4) is 0 Å². The van der Waals surface area contributed by atoms with Gasteiger partial charge < -0.3 is 15.2 Å². The third-order valence-corrected chi connectivity index (χ3v) is 4.02. The van der Waals surface area contributed by atoms with Crippen molar-refractivity contribution in [3.63, 3.8) is 0 Å². The summed E-state index contributed by atoms with van der Waals surface area (Å²) in [5.74, 6) is -0.964. The number of ether oxygens (including phenoxy) is 1. The monoisotopic (exact) mass is 290 g/mol. The van der Waals surface area contributed by atoms with Crippen LogP contribution in [0.25, 0.3) is 0 Å². The molecule has 0 aromatic heterocycles. The van der Waals surface area contributed by atoms with E-state index in [1.165, 1.54) is 0 Å². The SMILES string of the molecule is O=C1CO[C@@H]2CCN(Cc3ccc(C(=O)O)cc3)C[C@@H]2N1. The van der Waals surface area contributed by atoms with E-state index in [0.717, 1.165) is 31.6 Å². The summed E-state index contributed by atoms with van der Waals surface area (Å²) in [6, 6.07) is 6.97. The van der Waals surface area contributed by atoms with E-state index in [1.807, 2.05) is 12.1 Å². The number of carboxylic acid groups (broad SMARTS) is 1. The van der Waals surface area contributed by atoms with Crippen LogP contribution in [0.2, 0.25) is 0 Å². The van der Waals surface area contributed by atoms with Crippen molar-refractivity contribution in [2.24, 2.45) is 0 Å². The Labute approximate surface area is 122 Å². The lowest BCUT2D eigenvalue weighted by molar-refractivity contribution is -0.140. The maximum atomic E-state index is 11.4. The molecule has 2 fully saturated rings. The molecule has 6 heteroatoms. The summed E-state index contributed by atoms with van der Waals surface area (Å²) in [5.41, 5.74) is 1.37. The summed E-state index contributed by atoms with van der Waals surface area (Å²) < 4.78 is 5.53. The molecule has 1 aromatic rings. The Balaban J connectivity index is 1.60. The van der Waals surface area contributed by atoms with Crippen molar-refractivity contribution in [3.05, 3.63) is 35.4 Å². The summed E-state index contributed by atoms with van der Waals surface area (Å²) in [4.78, 5) is 24.5. The number of carbonyl (C=O) groups excluding carboxylic acids is 1. The van der Waals surface area contributed by atoms with Gasteiger partial charge in [0.05, 0.1) is 17.7 Å². The van der Waals surface area contributed by atoms with Crippen molar-refractivity contribution in [1.29, 1.82) is 0 Å². The van der Waals surface area contributed by atoms with E-state index >= 15 is 0 Å². The van der Waals surface area contributed by atoms with Crippen molar-refractivity contribution in [1.82, 2.24) is 10.2 Å². The van der Waals surface area contributed by atoms with Crippen LogP contribution in [-0.4, -0.2) is 53.7 Å². The largest absolute Gasteiger partial charge is 0.478 e. The zero-order valence-electron chi connectivity index (χ0n) is 11.6. The molecule has 1 aromatic carbocycles. The highest BCUT2D eigenvalue weighted by molar-refractivity contribution is 5.87. The van der Waals surface area contributed by atoms with Gasteiger partial charge in [-0.1, -0.05) is 12.1 Å². The molecule has 21 heavy (non-hydrogen) atoms. The van der Waals surface area contributed by atoms with Gasteiger partial charge in [0.15, 0.2) is 0 Å². The topological polar surface area (TPSA) is 78.9 Å². The van der Waals surface area contributed by atoms with Gasteiger partial charge in [0, 0.05) is 19.6 Å². The average molecular weight is 290 g/mol. The molecule has 2 heterocycles. The normalized spacial score (nSPS) is 26.0. The number of hydrogen-bond acceptors (Lipinski definition) is 4. The van der Waals surface area contributed by atoms with Crippen LogP contribution in [0.5, 0.6) is 0 Å². The second-order valence-corrected chi connectivity index (χ2v) is 5.55. The fourth-order valence-corrected chi connectivity index (χ4v) is 2.92. The van der Waals surface area contributed by atoms with Gasteiger partial charge in [-0.15, -0.1) is 0 Å². The van der Waals surface area contributed by atoms with Crippen LogP contribution >= 0.6 is 0 Å². The molecule has 2 saturated heterocycles. The number of morpholine rings is 1. The molecule has 0 bridgehead atoms. The van der Waals surface area contributed by atoms with E-state index in [9.17, 15) is 9.59 Å². The number of fused-ring (bicyclic) bond motifs is 1. The number of piperidine rings is 1. The van der Waals surface area contributed by atoms with E-state index in [0.29, 0.717) is 5.56 Å². The number of benzene rings is 1. The lowest BCUT2D eigenvalue weighted by Gasteiger charge is -2.41. The smallest absolute Gasteiger partial charge is 0.335 e. The average Bonchev–Trinajstić information content (AvgIpc) is 2.47. The first-order valence-corrected chi connectivity index (χ1v) is 7.07. The number of nitrogens with one attached hydrogen (secondary N) is 1. The van der Waals surface area contributed by atoms with Crippen LogP contribution in [0, 0.1) is 0 Å². The number of hydrogen-bond donors (Lipinski definition) is 2. The van der Waals surface area contributed by atoms with Gasteiger partial charge in [0.25, 0.3) is 0 Å². The molecule has 6 nitrogen and oxygen atoms in total.